The number of anilines is 6. The SMILES string of the molecule is Cc1ccc(N(c2ccc(C=C3CCCCC3)cc2)c2ccc(-c3ccc(N(c4ccc(C)cc4)c4ccc(C=C5CCCCC5)cc4)cc3)cc2)cc1. The molecule has 2 saturated carbocycles. The maximum Gasteiger partial charge on any atom is 0.0462 e. The first-order chi connectivity index (χ1) is 26.6. The molecule has 270 valence electrons. The van der Waals surface area contributed by atoms with Crippen LogP contribution in [0.15, 0.2) is 157 Å². The first-order valence-electron chi connectivity index (χ1n) is 20.1. The van der Waals surface area contributed by atoms with Crippen LogP contribution < -0.4 is 9.80 Å². The van der Waals surface area contributed by atoms with Crippen LogP contribution in [0.3, 0.4) is 0 Å². The summed E-state index contributed by atoms with van der Waals surface area (Å²) in [5.41, 5.74) is 17.6. The number of allylic oxidation sites excluding steroid dienone is 2. The molecule has 2 aliphatic carbocycles. The molecule has 0 saturated heterocycles. The van der Waals surface area contributed by atoms with Gasteiger partial charge in [-0.1, -0.05) is 120 Å². The van der Waals surface area contributed by atoms with Gasteiger partial charge < -0.3 is 9.80 Å². The lowest BCUT2D eigenvalue weighted by molar-refractivity contribution is 0.602. The lowest BCUT2D eigenvalue weighted by Crippen LogP contribution is -2.10. The van der Waals surface area contributed by atoms with Crippen LogP contribution in [-0.4, -0.2) is 0 Å². The fraction of sp³-hybridized carbons (Fsp3) is 0.231. The molecule has 0 aliphatic heterocycles. The molecule has 6 aromatic rings. The zero-order valence-corrected chi connectivity index (χ0v) is 32.0. The van der Waals surface area contributed by atoms with Crippen LogP contribution in [0.4, 0.5) is 34.1 Å². The van der Waals surface area contributed by atoms with Crippen LogP contribution in [0.2, 0.25) is 0 Å². The minimum Gasteiger partial charge on any atom is -0.311 e. The maximum atomic E-state index is 2.41. The Kier molecular flexibility index (Phi) is 10.9. The lowest BCUT2D eigenvalue weighted by Gasteiger charge is -2.26. The maximum absolute atomic E-state index is 2.41. The quantitative estimate of drug-likeness (QED) is 0.148. The van der Waals surface area contributed by atoms with E-state index in [-0.39, 0.29) is 0 Å². The van der Waals surface area contributed by atoms with E-state index in [4.69, 9.17) is 0 Å². The van der Waals surface area contributed by atoms with Crippen molar-refractivity contribution in [1.82, 2.24) is 0 Å². The van der Waals surface area contributed by atoms with E-state index in [9.17, 15) is 0 Å². The Bertz CT molecular complexity index is 2010. The van der Waals surface area contributed by atoms with Gasteiger partial charge in [0.1, 0.15) is 0 Å². The molecule has 0 amide bonds. The summed E-state index contributed by atoms with van der Waals surface area (Å²) < 4.78 is 0. The van der Waals surface area contributed by atoms with Crippen molar-refractivity contribution in [3.05, 3.63) is 179 Å². The predicted octanol–water partition coefficient (Wildman–Crippen LogP) is 15.6. The van der Waals surface area contributed by atoms with E-state index in [0.29, 0.717) is 0 Å². The van der Waals surface area contributed by atoms with Crippen LogP contribution in [0.25, 0.3) is 23.3 Å². The number of aryl methyl sites for hydroxylation is 2. The van der Waals surface area contributed by atoms with Crippen molar-refractivity contribution in [2.24, 2.45) is 0 Å². The van der Waals surface area contributed by atoms with Gasteiger partial charge in [-0.25, -0.2) is 0 Å². The van der Waals surface area contributed by atoms with Crippen molar-refractivity contribution in [1.29, 1.82) is 0 Å². The Labute approximate surface area is 323 Å². The number of nitrogens with zero attached hydrogens (tertiary/aromatic N) is 2. The summed E-state index contributed by atoms with van der Waals surface area (Å²) in [5.74, 6) is 0. The van der Waals surface area contributed by atoms with Crippen LogP contribution in [0.1, 0.15) is 86.5 Å². The summed E-state index contributed by atoms with van der Waals surface area (Å²) in [6.07, 6.45) is 17.8. The van der Waals surface area contributed by atoms with Gasteiger partial charge in [-0.2, -0.15) is 0 Å². The highest BCUT2D eigenvalue weighted by Crippen LogP contribution is 2.39. The molecule has 0 unspecified atom stereocenters. The van der Waals surface area contributed by atoms with Gasteiger partial charge in [0.25, 0.3) is 0 Å². The summed E-state index contributed by atoms with van der Waals surface area (Å²) in [6, 6.07) is 53.9. The molecule has 0 radical (unpaired) electrons. The standard InChI is InChI=1S/C52H52N2/c1-39-13-25-47(26-14-39)53(49-29-17-43(18-30-49)37-41-9-5-3-6-10-41)51-33-21-45(22-34-51)46-23-35-52(36-24-46)54(48-27-15-40(2)16-28-48)50-31-19-44(20-32-50)38-42-11-7-4-8-12-42/h13-38H,3-12H2,1-2H3. The average Bonchev–Trinajstić information content (AvgIpc) is 3.22. The largest absolute Gasteiger partial charge is 0.311 e. The summed E-state index contributed by atoms with van der Waals surface area (Å²) in [5, 5.41) is 0. The third kappa shape index (κ3) is 8.45. The molecule has 2 aliphatic rings. The van der Waals surface area contributed by atoms with Crippen molar-refractivity contribution in [3.8, 4) is 11.1 Å². The van der Waals surface area contributed by atoms with Crippen LogP contribution >= 0.6 is 0 Å². The van der Waals surface area contributed by atoms with Crippen molar-refractivity contribution < 1.29 is 0 Å². The predicted molar refractivity (Wildman–Crippen MR) is 233 cm³/mol. The minimum atomic E-state index is 1.14. The lowest BCUT2D eigenvalue weighted by atomic mass is 9.93. The van der Waals surface area contributed by atoms with E-state index in [2.05, 4.69) is 181 Å². The molecule has 0 spiro atoms. The highest BCUT2D eigenvalue weighted by atomic mass is 15.1. The van der Waals surface area contributed by atoms with Gasteiger partial charge in [-0.3, -0.25) is 0 Å². The fourth-order valence-corrected chi connectivity index (χ4v) is 8.10. The Morgan fingerprint density at radius 3 is 0.870 bits per heavy atom. The van der Waals surface area contributed by atoms with Gasteiger partial charge >= 0.3 is 0 Å². The van der Waals surface area contributed by atoms with Crippen molar-refractivity contribution >= 4 is 46.3 Å². The van der Waals surface area contributed by atoms with Crippen molar-refractivity contribution in [2.75, 3.05) is 9.80 Å². The second-order valence-electron chi connectivity index (χ2n) is 15.3. The van der Waals surface area contributed by atoms with E-state index < -0.39 is 0 Å². The molecule has 0 aromatic heterocycles. The van der Waals surface area contributed by atoms with E-state index in [1.54, 1.807) is 11.1 Å². The summed E-state index contributed by atoms with van der Waals surface area (Å²) in [4.78, 5) is 4.72. The van der Waals surface area contributed by atoms with Gasteiger partial charge in [-0.05, 0) is 160 Å². The minimum absolute atomic E-state index is 1.14. The zero-order chi connectivity index (χ0) is 36.7. The molecule has 0 N–H and O–H groups in total. The van der Waals surface area contributed by atoms with Gasteiger partial charge in [0.05, 0.1) is 0 Å². The van der Waals surface area contributed by atoms with Crippen LogP contribution in [0, 0.1) is 13.8 Å². The smallest absolute Gasteiger partial charge is 0.0462 e. The monoisotopic (exact) mass is 704 g/mol. The molecule has 2 nitrogen and oxygen atoms in total. The zero-order valence-electron chi connectivity index (χ0n) is 32.0. The first-order valence-corrected chi connectivity index (χ1v) is 20.1. The second kappa shape index (κ2) is 16.6. The molecule has 8 rings (SSSR count). The summed E-state index contributed by atoms with van der Waals surface area (Å²) >= 11 is 0. The van der Waals surface area contributed by atoms with E-state index in [0.717, 1.165) is 34.1 Å². The molecular weight excluding hydrogens is 653 g/mol. The number of rotatable bonds is 9. The van der Waals surface area contributed by atoms with Crippen LogP contribution in [-0.2, 0) is 0 Å². The first kappa shape index (κ1) is 35.4. The molecule has 0 atom stereocenters. The van der Waals surface area contributed by atoms with Gasteiger partial charge in [0, 0.05) is 34.1 Å². The molecule has 6 aromatic carbocycles. The van der Waals surface area contributed by atoms with E-state index in [1.165, 1.54) is 97.6 Å². The van der Waals surface area contributed by atoms with Crippen molar-refractivity contribution in [3.63, 3.8) is 0 Å². The molecule has 0 heterocycles. The van der Waals surface area contributed by atoms with Gasteiger partial charge in [-0.15, -0.1) is 0 Å². The molecule has 54 heavy (non-hydrogen) atoms. The number of benzene rings is 6. The van der Waals surface area contributed by atoms with Crippen molar-refractivity contribution in [2.45, 2.75) is 78.1 Å². The topological polar surface area (TPSA) is 6.48 Å². The molecular formula is C52H52N2. The number of hydrogen-bond acceptors (Lipinski definition) is 2. The Balaban J connectivity index is 1.05. The van der Waals surface area contributed by atoms with E-state index >= 15 is 0 Å². The second-order valence-corrected chi connectivity index (χ2v) is 15.3. The van der Waals surface area contributed by atoms with E-state index in [1.807, 2.05) is 0 Å². The fourth-order valence-electron chi connectivity index (χ4n) is 8.10. The molecule has 0 bridgehead atoms. The normalized spacial score (nSPS) is 14.4. The molecule has 2 heteroatoms. The number of hydrogen-bond donors (Lipinski definition) is 0. The average molecular weight is 705 g/mol. The van der Waals surface area contributed by atoms with Gasteiger partial charge in [0.15, 0.2) is 0 Å². The highest BCUT2D eigenvalue weighted by Gasteiger charge is 2.16. The third-order valence-electron chi connectivity index (χ3n) is 11.2. The summed E-state index contributed by atoms with van der Waals surface area (Å²) in [6.45, 7) is 4.29. The van der Waals surface area contributed by atoms with Gasteiger partial charge in [0.2, 0.25) is 0 Å². The Hall–Kier alpha value is -5.60. The summed E-state index contributed by atoms with van der Waals surface area (Å²) in [7, 11) is 0. The van der Waals surface area contributed by atoms with Crippen LogP contribution in [0.5, 0.6) is 0 Å². The Morgan fingerprint density at radius 2 is 0.574 bits per heavy atom. The molecule has 2 fully saturated rings. The highest BCUT2D eigenvalue weighted by molar-refractivity contribution is 5.81. The Morgan fingerprint density at radius 1 is 0.315 bits per heavy atom. The third-order valence-corrected chi connectivity index (χ3v) is 11.2.